The van der Waals surface area contributed by atoms with E-state index in [1.165, 1.54) is 41.3 Å². The molecule has 3 rings (SSSR count). The van der Waals surface area contributed by atoms with Gasteiger partial charge in [0.25, 0.3) is 5.56 Å². The summed E-state index contributed by atoms with van der Waals surface area (Å²) in [6.45, 7) is 1.67. The van der Waals surface area contributed by atoms with Gasteiger partial charge in [0, 0.05) is 24.3 Å². The van der Waals surface area contributed by atoms with Crippen LogP contribution in [-0.4, -0.2) is 45.5 Å². The van der Waals surface area contributed by atoms with E-state index >= 15 is 0 Å². The minimum absolute atomic E-state index is 0.0142. The summed E-state index contributed by atoms with van der Waals surface area (Å²) in [5.41, 5.74) is 0.689. The predicted molar refractivity (Wildman–Crippen MR) is 92.2 cm³/mol. The van der Waals surface area contributed by atoms with Crippen molar-refractivity contribution in [1.29, 1.82) is 0 Å². The Bertz CT molecular complexity index is 1140. The number of nitrogens with zero attached hydrogens (tertiary/aromatic N) is 3. The van der Waals surface area contributed by atoms with E-state index in [4.69, 9.17) is 5.11 Å². The van der Waals surface area contributed by atoms with Crippen molar-refractivity contribution < 1.29 is 18.3 Å². The van der Waals surface area contributed by atoms with Gasteiger partial charge in [-0.25, -0.2) is 22.9 Å². The largest absolute Gasteiger partial charge is 0.478 e. The SMILES string of the molecule is Cc1[nH]n(-c2ccc(S(C)(=O)=O)cn2)c(=O)c1-c1ccc(C(=O)O)cn1. The summed E-state index contributed by atoms with van der Waals surface area (Å²) in [5, 5.41) is 11.8. The standard InChI is InChI=1S/C16H14N4O5S/c1-9-14(12-5-3-10(7-17-12)16(22)23)15(21)20(19-9)13-6-4-11(8-18-13)26(2,24)25/h3-8,19H,1-2H3,(H,22,23). The van der Waals surface area contributed by atoms with Crippen LogP contribution in [0, 0.1) is 6.92 Å². The van der Waals surface area contributed by atoms with Gasteiger partial charge in [-0.3, -0.25) is 14.9 Å². The number of hydrogen-bond acceptors (Lipinski definition) is 6. The van der Waals surface area contributed by atoms with Gasteiger partial charge in [0.05, 0.1) is 21.7 Å². The molecule has 0 aliphatic carbocycles. The lowest BCUT2D eigenvalue weighted by Crippen LogP contribution is -2.17. The number of carbonyl (C=O) groups is 1. The lowest BCUT2D eigenvalue weighted by atomic mass is 10.1. The Labute approximate surface area is 147 Å². The second kappa shape index (κ2) is 6.23. The first kappa shape index (κ1) is 17.5. The van der Waals surface area contributed by atoms with Crippen LogP contribution in [0.3, 0.4) is 0 Å². The van der Waals surface area contributed by atoms with Crippen molar-refractivity contribution in [1.82, 2.24) is 19.7 Å². The van der Waals surface area contributed by atoms with Gasteiger partial charge in [-0.1, -0.05) is 0 Å². The molecule has 0 saturated carbocycles. The topological polar surface area (TPSA) is 135 Å². The third-order valence-corrected chi connectivity index (χ3v) is 4.81. The first-order chi connectivity index (χ1) is 12.2. The van der Waals surface area contributed by atoms with Crippen LogP contribution in [0.1, 0.15) is 16.1 Å². The van der Waals surface area contributed by atoms with Gasteiger partial charge in [0.15, 0.2) is 15.7 Å². The highest BCUT2D eigenvalue weighted by Crippen LogP contribution is 2.18. The molecular formula is C16H14N4O5S. The summed E-state index contributed by atoms with van der Waals surface area (Å²) in [6, 6.07) is 5.59. The molecule has 0 atom stereocenters. The number of nitrogens with one attached hydrogen (secondary N) is 1. The summed E-state index contributed by atoms with van der Waals surface area (Å²) >= 11 is 0. The van der Waals surface area contributed by atoms with Crippen molar-refractivity contribution in [2.75, 3.05) is 6.26 Å². The van der Waals surface area contributed by atoms with Gasteiger partial charge in [0.2, 0.25) is 0 Å². The zero-order valence-electron chi connectivity index (χ0n) is 13.8. The van der Waals surface area contributed by atoms with E-state index in [-0.39, 0.29) is 21.8 Å². The van der Waals surface area contributed by atoms with Crippen molar-refractivity contribution in [3.63, 3.8) is 0 Å². The van der Waals surface area contributed by atoms with Crippen molar-refractivity contribution in [2.24, 2.45) is 0 Å². The van der Waals surface area contributed by atoms with Gasteiger partial charge in [0.1, 0.15) is 0 Å². The third-order valence-electron chi connectivity index (χ3n) is 3.72. The molecule has 9 nitrogen and oxygen atoms in total. The van der Waals surface area contributed by atoms with Gasteiger partial charge in [-0.05, 0) is 31.2 Å². The molecule has 0 unspecified atom stereocenters. The van der Waals surface area contributed by atoms with Crippen LogP contribution in [0.5, 0.6) is 0 Å². The van der Waals surface area contributed by atoms with E-state index in [0.29, 0.717) is 11.4 Å². The molecule has 10 heteroatoms. The number of aromatic carboxylic acids is 1. The number of aryl methyl sites for hydroxylation is 1. The Morgan fingerprint density at radius 1 is 1.15 bits per heavy atom. The fourth-order valence-corrected chi connectivity index (χ4v) is 2.96. The molecule has 3 aromatic heterocycles. The monoisotopic (exact) mass is 374 g/mol. The number of aromatic nitrogens is 4. The molecule has 0 aromatic carbocycles. The second-order valence-corrected chi connectivity index (χ2v) is 7.63. The molecule has 0 aliphatic heterocycles. The molecule has 0 saturated heterocycles. The highest BCUT2D eigenvalue weighted by Gasteiger charge is 2.17. The van der Waals surface area contributed by atoms with Gasteiger partial charge in [-0.2, -0.15) is 0 Å². The smallest absolute Gasteiger partial charge is 0.337 e. The van der Waals surface area contributed by atoms with E-state index in [9.17, 15) is 18.0 Å². The fourth-order valence-electron chi connectivity index (χ4n) is 2.40. The van der Waals surface area contributed by atoms with Crippen molar-refractivity contribution >= 4 is 15.8 Å². The average molecular weight is 374 g/mol. The van der Waals surface area contributed by atoms with Gasteiger partial charge in [-0.15, -0.1) is 0 Å². The summed E-state index contributed by atoms with van der Waals surface area (Å²) in [5.74, 6) is -0.888. The lowest BCUT2D eigenvalue weighted by molar-refractivity contribution is 0.0696. The Morgan fingerprint density at radius 2 is 1.88 bits per heavy atom. The quantitative estimate of drug-likeness (QED) is 0.696. The molecule has 0 fully saturated rings. The van der Waals surface area contributed by atoms with Gasteiger partial charge >= 0.3 is 5.97 Å². The number of carboxylic acid groups (broad SMARTS) is 1. The predicted octanol–water partition coefficient (Wildman–Crippen LogP) is 1.03. The number of sulfone groups is 1. The molecule has 0 bridgehead atoms. The zero-order chi connectivity index (χ0) is 19.1. The summed E-state index contributed by atoms with van der Waals surface area (Å²) in [4.78, 5) is 31.7. The minimum Gasteiger partial charge on any atom is -0.478 e. The highest BCUT2D eigenvalue weighted by molar-refractivity contribution is 7.90. The molecule has 0 radical (unpaired) electrons. The Hall–Kier alpha value is -3.27. The number of hydrogen-bond donors (Lipinski definition) is 2. The highest BCUT2D eigenvalue weighted by atomic mass is 32.2. The van der Waals surface area contributed by atoms with E-state index in [1.54, 1.807) is 6.92 Å². The Balaban J connectivity index is 2.06. The summed E-state index contributed by atoms with van der Waals surface area (Å²) < 4.78 is 24.2. The number of pyridine rings is 2. The van der Waals surface area contributed by atoms with Crippen LogP contribution >= 0.6 is 0 Å². The lowest BCUT2D eigenvalue weighted by Gasteiger charge is -2.02. The maximum absolute atomic E-state index is 12.7. The molecular weight excluding hydrogens is 360 g/mol. The molecule has 26 heavy (non-hydrogen) atoms. The van der Waals surface area contributed by atoms with Crippen LogP contribution < -0.4 is 5.56 Å². The molecule has 3 aromatic rings. The van der Waals surface area contributed by atoms with Crippen LogP contribution in [0.15, 0.2) is 46.3 Å². The van der Waals surface area contributed by atoms with Crippen LogP contribution in [0.2, 0.25) is 0 Å². The first-order valence-corrected chi connectivity index (χ1v) is 9.25. The fraction of sp³-hybridized carbons (Fsp3) is 0.125. The normalized spacial score (nSPS) is 11.5. The van der Waals surface area contributed by atoms with Crippen molar-refractivity contribution in [2.45, 2.75) is 11.8 Å². The van der Waals surface area contributed by atoms with Gasteiger partial charge < -0.3 is 5.11 Å². The molecule has 134 valence electrons. The maximum Gasteiger partial charge on any atom is 0.337 e. The van der Waals surface area contributed by atoms with E-state index in [0.717, 1.165) is 6.26 Å². The molecule has 0 amide bonds. The van der Waals surface area contributed by atoms with Crippen molar-refractivity contribution in [3.05, 3.63) is 58.3 Å². The van der Waals surface area contributed by atoms with E-state index in [1.807, 2.05) is 0 Å². The number of aromatic amines is 1. The average Bonchev–Trinajstić information content (AvgIpc) is 2.89. The second-order valence-electron chi connectivity index (χ2n) is 5.61. The zero-order valence-corrected chi connectivity index (χ0v) is 14.6. The van der Waals surface area contributed by atoms with Crippen LogP contribution in [0.25, 0.3) is 17.1 Å². The van der Waals surface area contributed by atoms with E-state index in [2.05, 4.69) is 15.1 Å². The number of carboxylic acids is 1. The van der Waals surface area contributed by atoms with Crippen LogP contribution in [-0.2, 0) is 9.84 Å². The molecule has 2 N–H and O–H groups in total. The maximum atomic E-state index is 12.7. The van der Waals surface area contributed by atoms with Crippen molar-refractivity contribution in [3.8, 4) is 17.1 Å². The minimum atomic E-state index is -3.39. The van der Waals surface area contributed by atoms with E-state index < -0.39 is 21.4 Å². The molecule has 3 heterocycles. The summed E-state index contributed by atoms with van der Waals surface area (Å²) in [7, 11) is -3.39. The molecule has 0 spiro atoms. The van der Waals surface area contributed by atoms with Crippen LogP contribution in [0.4, 0.5) is 0 Å². The summed E-state index contributed by atoms with van der Waals surface area (Å²) in [6.07, 6.45) is 3.42. The number of H-pyrrole nitrogens is 1. The Morgan fingerprint density at radius 3 is 2.38 bits per heavy atom. The Kier molecular flexibility index (Phi) is 4.20. The number of rotatable bonds is 4. The third kappa shape index (κ3) is 3.14. The molecule has 0 aliphatic rings. The first-order valence-electron chi connectivity index (χ1n) is 7.36.